The van der Waals surface area contributed by atoms with Gasteiger partial charge in [0.05, 0.1) is 100 Å². The van der Waals surface area contributed by atoms with Crippen LogP contribution in [0.4, 0.5) is 53.9 Å². The summed E-state index contributed by atoms with van der Waals surface area (Å²) in [5.74, 6) is -7.15. The first kappa shape index (κ1) is 70.0. The molecule has 0 aliphatic carbocycles. The van der Waals surface area contributed by atoms with Crippen molar-refractivity contribution in [1.29, 1.82) is 0 Å². The van der Waals surface area contributed by atoms with Crippen molar-refractivity contribution in [3.8, 4) is 45.1 Å². The second kappa shape index (κ2) is 26.2. The zero-order valence-electron chi connectivity index (χ0n) is 59.4. The number of hydrogen-bond acceptors (Lipinski definition) is 14. The first-order chi connectivity index (χ1) is 47.9. The van der Waals surface area contributed by atoms with Crippen LogP contribution in [0.3, 0.4) is 0 Å². The predicted octanol–water partition coefficient (Wildman–Crippen LogP) is 12.6. The number of rotatable bonds is 10. The van der Waals surface area contributed by atoms with E-state index in [9.17, 15) is 14.4 Å². The molecule has 10 heterocycles. The molecule has 0 radical (unpaired) electrons. The molecule has 8 aromatic rings. The molecule has 4 aromatic heterocycles. The number of likely N-dealkylation sites (tertiary alicyclic amines) is 2. The Kier molecular flexibility index (Phi) is 18.1. The van der Waals surface area contributed by atoms with Crippen LogP contribution < -0.4 is 40.2 Å². The Hall–Kier alpha value is -9.49. The van der Waals surface area contributed by atoms with Gasteiger partial charge in [-0.3, -0.25) is 48.1 Å². The van der Waals surface area contributed by atoms with Crippen molar-refractivity contribution in [3.05, 3.63) is 151 Å². The van der Waals surface area contributed by atoms with Crippen LogP contribution in [0.25, 0.3) is 55.4 Å². The lowest BCUT2D eigenvalue weighted by Crippen LogP contribution is -2.71. The maximum Gasteiger partial charge on any atom is 0.410 e. The van der Waals surface area contributed by atoms with Crippen molar-refractivity contribution in [2.75, 3.05) is 93.7 Å². The van der Waals surface area contributed by atoms with E-state index in [1.165, 1.54) is 63.5 Å². The molecule has 6 aliphatic rings. The highest BCUT2D eigenvalue weighted by molar-refractivity contribution is 6.15. The molecule has 19 nitrogen and oxygen atoms in total. The Bertz CT molecular complexity index is 4870. The molecule has 6 aliphatic heterocycles. The van der Waals surface area contributed by atoms with Gasteiger partial charge in [0.1, 0.15) is 63.8 Å². The van der Waals surface area contributed by atoms with E-state index < -0.39 is 104 Å². The third kappa shape index (κ3) is 11.5. The minimum atomic E-state index is -1.19. The number of piperidine rings is 1. The number of carbonyl (C=O) groups is 3. The maximum atomic E-state index is 17.7. The smallest absolute Gasteiger partial charge is 0.410 e. The van der Waals surface area contributed by atoms with E-state index in [2.05, 4.69) is 21.8 Å². The molecule has 101 heavy (non-hydrogen) atoms. The highest BCUT2D eigenvalue weighted by atomic mass is 19.2. The number of piperazine rings is 1. The third-order valence-corrected chi connectivity index (χ3v) is 20.4. The summed E-state index contributed by atoms with van der Waals surface area (Å²) >= 11 is 0. The quantitative estimate of drug-likeness (QED) is 0.118. The number of methoxy groups -OCH3 is 2. The summed E-state index contributed by atoms with van der Waals surface area (Å²) in [6, 6.07) is 10.7. The van der Waals surface area contributed by atoms with Crippen LogP contribution in [0, 0.1) is 54.7 Å². The van der Waals surface area contributed by atoms with Crippen molar-refractivity contribution >= 4 is 62.5 Å². The predicted molar refractivity (Wildman–Crippen MR) is 377 cm³/mol. The van der Waals surface area contributed by atoms with E-state index in [1.807, 2.05) is 51.6 Å². The van der Waals surface area contributed by atoms with Crippen LogP contribution in [-0.2, 0) is 14.3 Å². The number of aromatic nitrogens is 4. The first-order valence-electron chi connectivity index (χ1n) is 34.2. The van der Waals surface area contributed by atoms with Crippen LogP contribution in [0.5, 0.6) is 11.5 Å². The fraction of sp³-hybridized carbons (Fsp3) is 0.434. The number of halogens is 6. The van der Waals surface area contributed by atoms with Gasteiger partial charge in [0.2, 0.25) is 5.91 Å². The van der Waals surface area contributed by atoms with Crippen molar-refractivity contribution < 1.29 is 54.9 Å². The number of ether oxygens (including phenoxy) is 3. The average Bonchev–Trinajstić information content (AvgIpc) is 0.700. The van der Waals surface area contributed by atoms with E-state index in [4.69, 9.17) is 14.2 Å². The number of hydrogen-bond donors (Lipinski definition) is 0. The number of anilines is 4. The van der Waals surface area contributed by atoms with Gasteiger partial charge in [-0.25, -0.2) is 31.1 Å². The third-order valence-electron chi connectivity index (χ3n) is 20.4. The lowest BCUT2D eigenvalue weighted by atomic mass is 9.88. The summed E-state index contributed by atoms with van der Waals surface area (Å²) < 4.78 is 119. The molecule has 4 saturated heterocycles. The zero-order chi connectivity index (χ0) is 72.6. The Morgan fingerprint density at radius 3 is 1.37 bits per heavy atom. The van der Waals surface area contributed by atoms with Crippen molar-refractivity contribution in [2.24, 2.45) is 5.92 Å². The van der Waals surface area contributed by atoms with Gasteiger partial charge in [-0.2, -0.15) is 0 Å². The summed E-state index contributed by atoms with van der Waals surface area (Å²) in [7, 11) is 6.41. The summed E-state index contributed by atoms with van der Waals surface area (Å²) in [5.41, 5.74) is -1.33. The fourth-order valence-electron chi connectivity index (χ4n) is 15.8. The minimum Gasteiger partial charge on any atom is -0.496 e. The molecule has 532 valence electrons. The highest BCUT2D eigenvalue weighted by Crippen LogP contribution is 2.51. The van der Waals surface area contributed by atoms with Gasteiger partial charge in [0.15, 0.2) is 11.6 Å². The van der Waals surface area contributed by atoms with Crippen LogP contribution in [0.2, 0.25) is 0 Å². The monoisotopic (exact) mass is 1390 g/mol. The molecule has 14 rings (SSSR count). The number of pyridine rings is 4. The summed E-state index contributed by atoms with van der Waals surface area (Å²) in [4.78, 5) is 94.6. The molecule has 4 aromatic carbocycles. The average molecular weight is 1390 g/mol. The lowest BCUT2D eigenvalue weighted by Gasteiger charge is -2.53. The lowest BCUT2D eigenvalue weighted by molar-refractivity contribution is -0.123. The van der Waals surface area contributed by atoms with E-state index >= 15 is 35.9 Å². The molecule has 0 unspecified atom stereocenters. The largest absolute Gasteiger partial charge is 0.496 e. The molecule has 4 fully saturated rings. The van der Waals surface area contributed by atoms with Crippen LogP contribution in [0.15, 0.2) is 82.6 Å². The zero-order valence-corrected chi connectivity index (χ0v) is 59.4. The Morgan fingerprint density at radius 2 is 0.960 bits per heavy atom. The molecule has 3 amide bonds. The van der Waals surface area contributed by atoms with Gasteiger partial charge in [-0.1, -0.05) is 46.8 Å². The SMILES string of the molecule is COc1cccc(F)c1-c1c(F)cc2c3c(c(=O)n(-c4c(C)ccnc4C(C)C)c2c1F)N(C1CN(C)C1)C(=O)[C@H]1CC[C@H](C)CN31.COc1cccc(F)c1-c1c(F)cc2c3c(c(=O)n(-c4c(C)ccnc4C(C)C)c2c1F)N(C1CN(C)C1)C(=O)[C@H]1CN(C(=O)OC(C)(C)C)[C@H](C)CN31. The van der Waals surface area contributed by atoms with Crippen LogP contribution >= 0.6 is 0 Å². The van der Waals surface area contributed by atoms with E-state index in [1.54, 1.807) is 75.9 Å². The van der Waals surface area contributed by atoms with Gasteiger partial charge in [0, 0.05) is 68.5 Å². The second-order valence-corrected chi connectivity index (χ2v) is 29.4. The number of carbonyl (C=O) groups excluding carboxylic acids is 3. The summed E-state index contributed by atoms with van der Waals surface area (Å²) in [6.07, 6.45) is 3.99. The van der Waals surface area contributed by atoms with Crippen LogP contribution in [0.1, 0.15) is 110 Å². The number of benzene rings is 4. The fourth-order valence-corrected chi connectivity index (χ4v) is 15.8. The van der Waals surface area contributed by atoms with Gasteiger partial charge in [0.25, 0.3) is 17.0 Å². The normalized spacial score (nSPS) is 19.7. The Labute approximate surface area is 581 Å². The molecule has 4 atom stereocenters. The molecule has 0 bridgehead atoms. The minimum absolute atomic E-state index is 0.00436. The van der Waals surface area contributed by atoms with E-state index in [0.717, 1.165) is 24.6 Å². The number of likely N-dealkylation sites (N-methyl/N-ethyl adjacent to an activating group) is 2. The number of amides is 3. The van der Waals surface area contributed by atoms with Crippen molar-refractivity contribution in [3.63, 3.8) is 0 Å². The van der Waals surface area contributed by atoms with E-state index in [0.29, 0.717) is 73.0 Å². The van der Waals surface area contributed by atoms with Crippen LogP contribution in [-0.4, -0.2) is 162 Å². The Morgan fingerprint density at radius 1 is 0.535 bits per heavy atom. The molecule has 0 N–H and O–H groups in total. The number of nitrogens with zero attached hydrogens (tertiary/aromatic N) is 11. The van der Waals surface area contributed by atoms with Gasteiger partial charge in [-0.15, -0.1) is 0 Å². The van der Waals surface area contributed by atoms with Gasteiger partial charge in [-0.05, 0) is 146 Å². The summed E-state index contributed by atoms with van der Waals surface area (Å²) in [5, 5.41) is 0.139. The molecule has 25 heteroatoms. The molecule has 0 saturated carbocycles. The first-order valence-corrected chi connectivity index (χ1v) is 34.2. The van der Waals surface area contributed by atoms with E-state index in [-0.39, 0.29) is 104 Å². The number of aryl methyl sites for hydroxylation is 2. The molecular weight excluding hydrogens is 1310 g/mol. The van der Waals surface area contributed by atoms with Crippen molar-refractivity contribution in [2.45, 2.75) is 137 Å². The van der Waals surface area contributed by atoms with Gasteiger partial charge >= 0.3 is 6.09 Å². The molecular formula is C76H83F6N11O8. The standard InChI is InChI=1S/C40H45F3N6O5.C36H38F3N5O3/c1-20(2)32-33(21(3)13-14-44-32)49-34-24(15-26(42)30(31(34)43)29-25(41)11-10-12-28(29)53-9)35-36(38(49)51)48(23-17-45(8)18-23)37(50)27-19-46(22(4)16-47(27)35)39(52)54-40(5,6)7;1-18(2)30-31(20(4)12-13-40-30)44-32-22(14-24(38)28(29(32)39)27-23(37)8-7-9-26(27)47-6)33-34(36(44)46)43(21-16-41(5)17-21)35(45)25-11-10-19(3)15-42(25)33/h10-15,20,22-23,27H,16-19H2,1-9H3;7-9,12-14,18-19,21,25H,10-11,15-17H2,1-6H3/t22-,27-;19-,25+/m10/s1. The maximum absolute atomic E-state index is 17.7. The van der Waals surface area contributed by atoms with Gasteiger partial charge < -0.3 is 38.7 Å². The number of fused-ring (bicyclic) bond motifs is 10. The molecule has 0 spiro atoms. The second-order valence-electron chi connectivity index (χ2n) is 29.4. The highest BCUT2D eigenvalue weighted by Gasteiger charge is 2.53. The summed E-state index contributed by atoms with van der Waals surface area (Å²) in [6.45, 7) is 22.7. The Balaban J connectivity index is 0.000000182. The topological polar surface area (TPSA) is 171 Å². The van der Waals surface area contributed by atoms with Crippen molar-refractivity contribution in [1.82, 2.24) is 33.8 Å².